The molecule has 1 amide bonds. The predicted octanol–water partition coefficient (Wildman–Crippen LogP) is 3.66. The highest BCUT2D eigenvalue weighted by Gasteiger charge is 2.19. The van der Waals surface area contributed by atoms with Crippen molar-refractivity contribution in [2.45, 2.75) is 26.8 Å². The Morgan fingerprint density at radius 1 is 1.06 bits per heavy atom. The first kappa shape index (κ1) is 21.1. The molecule has 1 N–H and O–H groups in total. The van der Waals surface area contributed by atoms with E-state index in [1.165, 1.54) is 11.1 Å². The van der Waals surface area contributed by atoms with Crippen molar-refractivity contribution in [3.63, 3.8) is 0 Å². The summed E-state index contributed by atoms with van der Waals surface area (Å²) < 4.78 is 10.9. The van der Waals surface area contributed by atoms with Gasteiger partial charge in [0.05, 0.1) is 31.0 Å². The molecule has 0 atom stereocenters. The molecule has 3 aromatic rings. The van der Waals surface area contributed by atoms with E-state index < -0.39 is 0 Å². The number of ether oxygens (including phenoxy) is 2. The lowest BCUT2D eigenvalue weighted by molar-refractivity contribution is 0.0946. The van der Waals surface area contributed by atoms with Gasteiger partial charge in [0, 0.05) is 31.6 Å². The van der Waals surface area contributed by atoms with Crippen molar-refractivity contribution in [2.24, 2.45) is 0 Å². The van der Waals surface area contributed by atoms with E-state index in [9.17, 15) is 4.79 Å². The quantitative estimate of drug-likeness (QED) is 0.661. The van der Waals surface area contributed by atoms with E-state index in [2.05, 4.69) is 33.4 Å². The van der Waals surface area contributed by atoms with Crippen LogP contribution in [-0.4, -0.2) is 49.6 Å². The molecule has 0 aliphatic carbocycles. The van der Waals surface area contributed by atoms with E-state index in [1.807, 2.05) is 32.0 Å². The summed E-state index contributed by atoms with van der Waals surface area (Å²) in [5.41, 5.74) is 6.01. The number of hydrogen-bond acceptors (Lipinski definition) is 5. The van der Waals surface area contributed by atoms with Gasteiger partial charge in [-0.15, -0.1) is 0 Å². The zero-order valence-corrected chi connectivity index (χ0v) is 18.6. The first-order chi connectivity index (χ1) is 15.0. The van der Waals surface area contributed by atoms with Crippen molar-refractivity contribution in [1.29, 1.82) is 0 Å². The van der Waals surface area contributed by atoms with E-state index in [0.29, 0.717) is 12.1 Å². The van der Waals surface area contributed by atoms with Gasteiger partial charge < -0.3 is 14.8 Å². The van der Waals surface area contributed by atoms with Gasteiger partial charge in [-0.1, -0.05) is 11.6 Å². The molecule has 162 valence electrons. The third kappa shape index (κ3) is 4.49. The molecule has 0 bridgehead atoms. The number of nitrogens with zero attached hydrogens (tertiary/aromatic N) is 2. The van der Waals surface area contributed by atoms with E-state index in [-0.39, 0.29) is 5.91 Å². The van der Waals surface area contributed by atoms with Crippen molar-refractivity contribution in [2.75, 3.05) is 33.9 Å². The average Bonchev–Trinajstić information content (AvgIpc) is 2.77. The minimum atomic E-state index is -0.0720. The fourth-order valence-electron chi connectivity index (χ4n) is 4.18. The van der Waals surface area contributed by atoms with Crippen molar-refractivity contribution >= 4 is 16.8 Å². The Morgan fingerprint density at radius 3 is 2.55 bits per heavy atom. The fourth-order valence-corrected chi connectivity index (χ4v) is 4.18. The second kappa shape index (κ2) is 8.94. The van der Waals surface area contributed by atoms with Gasteiger partial charge in [0.2, 0.25) is 0 Å². The molecule has 2 heterocycles. The van der Waals surface area contributed by atoms with Gasteiger partial charge in [-0.2, -0.15) is 0 Å². The maximum absolute atomic E-state index is 12.8. The number of amides is 1. The van der Waals surface area contributed by atoms with Crippen LogP contribution in [-0.2, 0) is 13.0 Å². The van der Waals surface area contributed by atoms with Crippen LogP contribution in [0.1, 0.15) is 32.7 Å². The van der Waals surface area contributed by atoms with Gasteiger partial charge in [-0.3, -0.25) is 14.7 Å². The maximum atomic E-state index is 12.8. The molecular weight excluding hydrogens is 390 g/mol. The van der Waals surface area contributed by atoms with Crippen molar-refractivity contribution in [3.05, 3.63) is 64.3 Å². The number of benzene rings is 2. The molecule has 0 fully saturated rings. The number of nitrogens with one attached hydrogen (secondary N) is 1. The van der Waals surface area contributed by atoms with Crippen LogP contribution in [0.3, 0.4) is 0 Å². The summed E-state index contributed by atoms with van der Waals surface area (Å²) in [6, 6.07) is 12.2. The van der Waals surface area contributed by atoms with Crippen LogP contribution >= 0.6 is 0 Å². The molecule has 31 heavy (non-hydrogen) atoms. The predicted molar refractivity (Wildman–Crippen MR) is 122 cm³/mol. The highest BCUT2D eigenvalue weighted by atomic mass is 16.5. The fraction of sp³-hybridized carbons (Fsp3) is 0.360. The van der Waals surface area contributed by atoms with Crippen LogP contribution in [0, 0.1) is 13.8 Å². The monoisotopic (exact) mass is 419 g/mol. The molecule has 0 radical (unpaired) electrons. The number of fused-ring (bicyclic) bond motifs is 2. The van der Waals surface area contributed by atoms with Gasteiger partial charge in [0.25, 0.3) is 5.91 Å². The number of carbonyl (C=O) groups is 1. The molecule has 4 rings (SSSR count). The molecule has 1 aliphatic heterocycles. The normalized spacial score (nSPS) is 13.7. The number of hydrogen-bond donors (Lipinski definition) is 1. The van der Waals surface area contributed by atoms with Gasteiger partial charge in [-0.05, 0) is 61.7 Å². The number of rotatable bonds is 6. The number of carbonyl (C=O) groups excluding carboxylic acids is 1. The molecular formula is C25H29N3O3. The number of pyridine rings is 1. The van der Waals surface area contributed by atoms with Crippen LogP contribution in [0.4, 0.5) is 0 Å². The minimum absolute atomic E-state index is 0.0720. The zero-order chi connectivity index (χ0) is 22.0. The number of methoxy groups -OCH3 is 2. The zero-order valence-electron chi connectivity index (χ0n) is 18.6. The minimum Gasteiger partial charge on any atom is -0.493 e. The summed E-state index contributed by atoms with van der Waals surface area (Å²) in [6.45, 7) is 7.10. The Morgan fingerprint density at radius 2 is 1.81 bits per heavy atom. The molecule has 1 aliphatic rings. The van der Waals surface area contributed by atoms with Gasteiger partial charge in [0.1, 0.15) is 0 Å². The lowest BCUT2D eigenvalue weighted by Crippen LogP contribution is -2.38. The van der Waals surface area contributed by atoms with Gasteiger partial charge in [0.15, 0.2) is 11.5 Å². The molecule has 0 unspecified atom stereocenters. The van der Waals surface area contributed by atoms with E-state index >= 15 is 0 Å². The first-order valence-electron chi connectivity index (χ1n) is 10.6. The first-order valence-corrected chi connectivity index (χ1v) is 10.6. The largest absolute Gasteiger partial charge is 0.493 e. The highest BCUT2D eigenvalue weighted by Crippen LogP contribution is 2.33. The Labute approximate surface area is 183 Å². The molecule has 0 saturated carbocycles. The standard InChI is InChI=1S/C25H29N3O3/c1-16-5-6-22-19(11-16)12-21(17(2)27-22)25(29)26-8-10-28-9-7-18-13-23(30-3)24(31-4)14-20(18)15-28/h5-6,11-14H,7-10,15H2,1-4H3,(H,26,29). The van der Waals surface area contributed by atoms with Crippen molar-refractivity contribution < 1.29 is 14.3 Å². The topological polar surface area (TPSA) is 63.7 Å². The van der Waals surface area contributed by atoms with Crippen LogP contribution in [0.25, 0.3) is 10.9 Å². The lowest BCUT2D eigenvalue weighted by atomic mass is 9.99. The van der Waals surface area contributed by atoms with Gasteiger partial charge >= 0.3 is 0 Å². The summed E-state index contributed by atoms with van der Waals surface area (Å²) in [5.74, 6) is 1.46. The van der Waals surface area contributed by atoms with E-state index in [1.54, 1.807) is 14.2 Å². The molecule has 6 nitrogen and oxygen atoms in total. The summed E-state index contributed by atoms with van der Waals surface area (Å²) in [7, 11) is 3.32. The SMILES string of the molecule is COc1cc2c(cc1OC)CN(CCNC(=O)c1cc3cc(C)ccc3nc1C)CC2. The molecule has 0 spiro atoms. The second-order valence-corrected chi connectivity index (χ2v) is 8.08. The third-order valence-corrected chi connectivity index (χ3v) is 5.92. The van der Waals surface area contributed by atoms with Crippen molar-refractivity contribution in [1.82, 2.24) is 15.2 Å². The summed E-state index contributed by atoms with van der Waals surface area (Å²) in [4.78, 5) is 19.7. The highest BCUT2D eigenvalue weighted by molar-refractivity contribution is 5.98. The van der Waals surface area contributed by atoms with Gasteiger partial charge in [-0.25, -0.2) is 0 Å². The molecule has 1 aromatic heterocycles. The Hall–Kier alpha value is -3.12. The molecule has 6 heteroatoms. The Balaban J connectivity index is 1.38. The third-order valence-electron chi connectivity index (χ3n) is 5.92. The smallest absolute Gasteiger partial charge is 0.253 e. The second-order valence-electron chi connectivity index (χ2n) is 8.08. The number of aromatic nitrogens is 1. The Kier molecular flexibility index (Phi) is 6.09. The van der Waals surface area contributed by atoms with E-state index in [0.717, 1.165) is 59.7 Å². The maximum Gasteiger partial charge on any atom is 0.253 e. The lowest BCUT2D eigenvalue weighted by Gasteiger charge is -2.29. The molecule has 2 aromatic carbocycles. The van der Waals surface area contributed by atoms with Crippen molar-refractivity contribution in [3.8, 4) is 11.5 Å². The summed E-state index contributed by atoms with van der Waals surface area (Å²) in [5, 5.41) is 4.06. The number of aryl methyl sites for hydroxylation is 2. The van der Waals surface area contributed by atoms with Crippen LogP contribution < -0.4 is 14.8 Å². The Bertz CT molecular complexity index is 1130. The summed E-state index contributed by atoms with van der Waals surface area (Å²) in [6.07, 6.45) is 0.955. The van der Waals surface area contributed by atoms with Crippen LogP contribution in [0.15, 0.2) is 36.4 Å². The summed E-state index contributed by atoms with van der Waals surface area (Å²) >= 11 is 0. The van der Waals surface area contributed by atoms with E-state index in [4.69, 9.17) is 9.47 Å². The average molecular weight is 420 g/mol. The van der Waals surface area contributed by atoms with Crippen LogP contribution in [0.5, 0.6) is 11.5 Å². The molecule has 0 saturated heterocycles. The van der Waals surface area contributed by atoms with Crippen LogP contribution in [0.2, 0.25) is 0 Å².